The molecule has 0 unspecified atom stereocenters. The third kappa shape index (κ3) is 3.54. The molecule has 0 bridgehead atoms. The maximum absolute atomic E-state index is 11.8. The molecule has 128 valence electrons. The number of carbonyl (C=O) groups is 1. The van der Waals surface area contributed by atoms with E-state index in [1.165, 1.54) is 25.3 Å². The molecule has 5 atom stereocenters. The lowest BCUT2D eigenvalue weighted by Crippen LogP contribution is -2.60. The van der Waals surface area contributed by atoms with E-state index in [0.29, 0.717) is 5.69 Å². The summed E-state index contributed by atoms with van der Waals surface area (Å²) in [5, 5.41) is 38.5. The zero-order valence-electron chi connectivity index (χ0n) is 12.3. The molecule has 1 heterocycles. The van der Waals surface area contributed by atoms with Crippen LogP contribution in [0.3, 0.4) is 0 Å². The van der Waals surface area contributed by atoms with Crippen LogP contribution in [-0.2, 0) is 9.47 Å². The summed E-state index contributed by atoms with van der Waals surface area (Å²) in [7, 11) is 1.18. The van der Waals surface area contributed by atoms with Crippen molar-refractivity contribution in [2.75, 3.05) is 19.5 Å². The topological polar surface area (TPSA) is 152 Å². The van der Waals surface area contributed by atoms with E-state index in [-0.39, 0.29) is 11.3 Å². The molecule has 1 fully saturated rings. The molecule has 0 radical (unpaired) electrons. The molecule has 9 heteroatoms. The first-order valence-electron chi connectivity index (χ1n) is 6.84. The third-order valence-corrected chi connectivity index (χ3v) is 3.50. The first-order valence-corrected chi connectivity index (χ1v) is 6.84. The summed E-state index contributed by atoms with van der Waals surface area (Å²) < 4.78 is 15.3. The highest BCUT2D eigenvalue weighted by Crippen LogP contribution is 2.28. The molecule has 2 rings (SSSR count). The van der Waals surface area contributed by atoms with Crippen LogP contribution >= 0.6 is 0 Å². The standard InChI is InChI=1S/C14H19NO8/c1-21-13(20)7-4-6(15)2-3-8(7)22-14-12(19)11(18)10(17)9(5-16)23-14/h2-4,9-12,14,16-19H,5,15H2,1H3/t9-,10+,11+,12-,14-/m1/s1. The minimum absolute atomic E-state index is 0.00413. The number of anilines is 1. The van der Waals surface area contributed by atoms with Gasteiger partial charge in [0.1, 0.15) is 35.7 Å². The van der Waals surface area contributed by atoms with Gasteiger partial charge < -0.3 is 40.4 Å². The highest BCUT2D eigenvalue weighted by molar-refractivity contribution is 5.93. The van der Waals surface area contributed by atoms with Crippen molar-refractivity contribution in [1.82, 2.24) is 0 Å². The highest BCUT2D eigenvalue weighted by Gasteiger charge is 2.45. The van der Waals surface area contributed by atoms with Gasteiger partial charge in [0, 0.05) is 5.69 Å². The monoisotopic (exact) mass is 329 g/mol. The van der Waals surface area contributed by atoms with Gasteiger partial charge in [0.05, 0.1) is 13.7 Å². The summed E-state index contributed by atoms with van der Waals surface area (Å²) in [6.45, 7) is -0.587. The lowest BCUT2D eigenvalue weighted by atomic mass is 9.99. The van der Waals surface area contributed by atoms with Crippen LogP contribution in [0.4, 0.5) is 5.69 Å². The zero-order valence-corrected chi connectivity index (χ0v) is 12.3. The number of methoxy groups -OCH3 is 1. The smallest absolute Gasteiger partial charge is 0.341 e. The molecular weight excluding hydrogens is 310 g/mol. The van der Waals surface area contributed by atoms with E-state index in [1.54, 1.807) is 0 Å². The molecule has 0 spiro atoms. The van der Waals surface area contributed by atoms with E-state index in [1.807, 2.05) is 0 Å². The normalized spacial score (nSPS) is 30.7. The number of ether oxygens (including phenoxy) is 3. The number of benzene rings is 1. The second kappa shape index (κ2) is 7.11. The van der Waals surface area contributed by atoms with Crippen molar-refractivity contribution >= 4 is 11.7 Å². The van der Waals surface area contributed by atoms with E-state index in [4.69, 9.17) is 20.3 Å². The molecule has 23 heavy (non-hydrogen) atoms. The Hall–Kier alpha value is -1.91. The number of aliphatic hydroxyl groups is 4. The van der Waals surface area contributed by atoms with E-state index in [0.717, 1.165) is 0 Å². The SMILES string of the molecule is COC(=O)c1cc(N)ccc1O[C@@H]1O[C@H](CO)[C@H](O)[C@H](O)[C@H]1O. The van der Waals surface area contributed by atoms with Crippen molar-refractivity contribution in [3.63, 3.8) is 0 Å². The van der Waals surface area contributed by atoms with Gasteiger partial charge in [0.15, 0.2) is 0 Å². The molecule has 0 amide bonds. The van der Waals surface area contributed by atoms with Crippen LogP contribution in [-0.4, -0.2) is 70.8 Å². The van der Waals surface area contributed by atoms with E-state index in [2.05, 4.69) is 4.74 Å². The highest BCUT2D eigenvalue weighted by atomic mass is 16.7. The molecule has 9 nitrogen and oxygen atoms in total. The number of hydrogen-bond acceptors (Lipinski definition) is 9. The van der Waals surface area contributed by atoms with Gasteiger partial charge in [-0.2, -0.15) is 0 Å². The molecule has 0 saturated carbocycles. The minimum atomic E-state index is -1.59. The summed E-state index contributed by atoms with van der Waals surface area (Å²) in [4.78, 5) is 11.8. The summed E-state index contributed by atoms with van der Waals surface area (Å²) in [5.41, 5.74) is 5.92. The molecule has 0 aromatic heterocycles. The van der Waals surface area contributed by atoms with Crippen molar-refractivity contribution in [2.45, 2.75) is 30.7 Å². The van der Waals surface area contributed by atoms with Gasteiger partial charge in [0.25, 0.3) is 0 Å². The van der Waals surface area contributed by atoms with Crippen LogP contribution < -0.4 is 10.5 Å². The van der Waals surface area contributed by atoms with Gasteiger partial charge in [0.2, 0.25) is 6.29 Å². The van der Waals surface area contributed by atoms with Gasteiger partial charge >= 0.3 is 5.97 Å². The number of hydrogen-bond donors (Lipinski definition) is 5. The number of nitrogens with two attached hydrogens (primary N) is 1. The van der Waals surface area contributed by atoms with Gasteiger partial charge in [-0.05, 0) is 18.2 Å². The van der Waals surface area contributed by atoms with Crippen LogP contribution in [0.25, 0.3) is 0 Å². The average Bonchev–Trinajstić information content (AvgIpc) is 2.55. The minimum Gasteiger partial charge on any atom is -0.465 e. The Morgan fingerprint density at radius 3 is 2.57 bits per heavy atom. The molecule has 0 aliphatic carbocycles. The molecule has 6 N–H and O–H groups in total. The van der Waals surface area contributed by atoms with E-state index in [9.17, 15) is 20.1 Å². The number of nitrogen functional groups attached to an aromatic ring is 1. The van der Waals surface area contributed by atoms with Crippen molar-refractivity contribution in [3.8, 4) is 5.75 Å². The maximum atomic E-state index is 11.8. The van der Waals surface area contributed by atoms with Gasteiger partial charge in [-0.3, -0.25) is 0 Å². The fourth-order valence-corrected chi connectivity index (χ4v) is 2.21. The predicted molar refractivity (Wildman–Crippen MR) is 76.6 cm³/mol. The Balaban J connectivity index is 2.26. The van der Waals surface area contributed by atoms with Crippen molar-refractivity contribution < 1.29 is 39.4 Å². The summed E-state index contributed by atoms with van der Waals surface area (Å²) in [5.74, 6) is -0.702. The molecule has 1 aromatic rings. The predicted octanol–water partition coefficient (Wildman–Crippen LogP) is -1.77. The van der Waals surface area contributed by atoms with Gasteiger partial charge in [-0.15, -0.1) is 0 Å². The molecule has 1 saturated heterocycles. The Morgan fingerprint density at radius 2 is 1.96 bits per heavy atom. The maximum Gasteiger partial charge on any atom is 0.341 e. The van der Waals surface area contributed by atoms with E-state index >= 15 is 0 Å². The fourth-order valence-electron chi connectivity index (χ4n) is 2.21. The lowest BCUT2D eigenvalue weighted by Gasteiger charge is -2.39. The molecule has 1 aromatic carbocycles. The van der Waals surface area contributed by atoms with Crippen LogP contribution in [0.2, 0.25) is 0 Å². The Morgan fingerprint density at radius 1 is 1.26 bits per heavy atom. The Kier molecular flexibility index (Phi) is 5.39. The summed E-state index contributed by atoms with van der Waals surface area (Å²) >= 11 is 0. The number of rotatable bonds is 4. The second-order valence-electron chi connectivity index (χ2n) is 5.06. The third-order valence-electron chi connectivity index (χ3n) is 3.50. The first-order chi connectivity index (χ1) is 10.9. The van der Waals surface area contributed by atoms with Crippen LogP contribution in [0.15, 0.2) is 18.2 Å². The summed E-state index contributed by atoms with van der Waals surface area (Å²) in [6.07, 6.45) is -7.19. The number of aliphatic hydroxyl groups excluding tert-OH is 4. The zero-order chi connectivity index (χ0) is 17.1. The molecular formula is C14H19NO8. The van der Waals surface area contributed by atoms with Crippen LogP contribution in [0.5, 0.6) is 5.75 Å². The van der Waals surface area contributed by atoms with E-state index < -0.39 is 43.3 Å². The fraction of sp³-hybridized carbons (Fsp3) is 0.500. The van der Waals surface area contributed by atoms with Gasteiger partial charge in [-0.1, -0.05) is 0 Å². The number of carbonyl (C=O) groups excluding carboxylic acids is 1. The largest absolute Gasteiger partial charge is 0.465 e. The average molecular weight is 329 g/mol. The Bertz CT molecular complexity index is 564. The Labute approximate surface area is 131 Å². The lowest BCUT2D eigenvalue weighted by molar-refractivity contribution is -0.277. The van der Waals surface area contributed by atoms with Gasteiger partial charge in [-0.25, -0.2) is 4.79 Å². The second-order valence-corrected chi connectivity index (χ2v) is 5.06. The first kappa shape index (κ1) is 17.4. The summed E-state index contributed by atoms with van der Waals surface area (Å²) in [6, 6.07) is 4.17. The quantitative estimate of drug-likeness (QED) is 0.319. The van der Waals surface area contributed by atoms with Crippen LogP contribution in [0, 0.1) is 0 Å². The van der Waals surface area contributed by atoms with Crippen molar-refractivity contribution in [2.24, 2.45) is 0 Å². The van der Waals surface area contributed by atoms with Crippen LogP contribution in [0.1, 0.15) is 10.4 Å². The van der Waals surface area contributed by atoms with Crippen molar-refractivity contribution in [3.05, 3.63) is 23.8 Å². The molecule has 1 aliphatic rings. The number of esters is 1. The van der Waals surface area contributed by atoms with Crippen molar-refractivity contribution in [1.29, 1.82) is 0 Å². The molecule has 1 aliphatic heterocycles.